The van der Waals surface area contributed by atoms with E-state index in [2.05, 4.69) is 5.32 Å². The summed E-state index contributed by atoms with van der Waals surface area (Å²) in [5, 5.41) is 13.1. The Kier molecular flexibility index (Phi) is 7.69. The Labute approximate surface area is 192 Å². The number of fused-ring (bicyclic) bond motifs is 1. The van der Waals surface area contributed by atoms with Gasteiger partial charge in [-0.1, -0.05) is 30.3 Å². The first-order chi connectivity index (χ1) is 16.0. The number of amides is 2. The van der Waals surface area contributed by atoms with Crippen LogP contribution in [0.2, 0.25) is 0 Å². The zero-order valence-electron chi connectivity index (χ0n) is 18.4. The number of benzene rings is 2. The van der Waals surface area contributed by atoms with Crippen LogP contribution in [0.4, 0.5) is 4.39 Å². The number of carbonyl (C=O) groups excluding carboxylic acids is 2. The minimum atomic E-state index is -0.773. The predicted octanol–water partition coefficient (Wildman–Crippen LogP) is 2.28. The number of aliphatic hydroxyl groups excluding tert-OH is 1. The molecule has 4 atom stereocenters. The molecule has 0 aliphatic carbocycles. The molecule has 0 radical (unpaired) electrons. The van der Waals surface area contributed by atoms with E-state index >= 15 is 0 Å². The maximum atomic E-state index is 13.3. The van der Waals surface area contributed by atoms with Gasteiger partial charge in [0.15, 0.2) is 0 Å². The molecule has 2 aliphatic rings. The van der Waals surface area contributed by atoms with Gasteiger partial charge < -0.3 is 24.8 Å². The molecule has 2 aromatic carbocycles. The number of halogens is 1. The molecule has 0 bridgehead atoms. The van der Waals surface area contributed by atoms with Crippen molar-refractivity contribution in [1.29, 1.82) is 0 Å². The van der Waals surface area contributed by atoms with Gasteiger partial charge in [-0.15, -0.1) is 0 Å². The highest BCUT2D eigenvalue weighted by molar-refractivity contribution is 5.94. The number of nitrogens with zero attached hydrogens (tertiary/aromatic N) is 1. The number of hydrogen-bond donors (Lipinski definition) is 2. The predicted molar refractivity (Wildman–Crippen MR) is 119 cm³/mol. The van der Waals surface area contributed by atoms with E-state index in [1.807, 2.05) is 18.2 Å². The van der Waals surface area contributed by atoms with Gasteiger partial charge in [0.2, 0.25) is 5.91 Å². The van der Waals surface area contributed by atoms with E-state index in [-0.39, 0.29) is 68.6 Å². The molecular formula is C25H29FN2O5. The minimum Gasteiger partial charge on any atom is -0.389 e. The average molecular weight is 457 g/mol. The topological polar surface area (TPSA) is 88.1 Å². The fourth-order valence-electron chi connectivity index (χ4n) is 4.45. The minimum absolute atomic E-state index is 0.115. The van der Waals surface area contributed by atoms with E-state index in [9.17, 15) is 19.1 Å². The van der Waals surface area contributed by atoms with Crippen molar-refractivity contribution >= 4 is 11.8 Å². The fourth-order valence-corrected chi connectivity index (χ4v) is 4.45. The van der Waals surface area contributed by atoms with Crippen LogP contribution in [0.15, 0.2) is 54.6 Å². The molecule has 0 unspecified atom stereocenters. The Bertz CT molecular complexity index is 957. The summed E-state index contributed by atoms with van der Waals surface area (Å²) >= 11 is 0. The summed E-state index contributed by atoms with van der Waals surface area (Å²) < 4.78 is 25.1. The number of carbonyl (C=O) groups is 2. The molecule has 7 nitrogen and oxygen atoms in total. The van der Waals surface area contributed by atoms with Crippen molar-refractivity contribution in [3.63, 3.8) is 0 Å². The highest BCUT2D eigenvalue weighted by Gasteiger charge is 2.40. The fraction of sp³-hybridized carbons (Fsp3) is 0.440. The monoisotopic (exact) mass is 456 g/mol. The molecule has 176 valence electrons. The Morgan fingerprint density at radius 2 is 1.91 bits per heavy atom. The Morgan fingerprint density at radius 3 is 2.70 bits per heavy atom. The molecule has 33 heavy (non-hydrogen) atoms. The van der Waals surface area contributed by atoms with Crippen LogP contribution in [0.25, 0.3) is 0 Å². The summed E-state index contributed by atoms with van der Waals surface area (Å²) in [7, 11) is 0. The SMILES string of the molecule is O=C(C[C@@H]1CC[C@@H]2[C@H](COC[C@H](O)CN2C(=O)c2ccccc2)O1)NCc1cccc(F)c1. The van der Waals surface area contributed by atoms with Crippen LogP contribution in [0.1, 0.15) is 35.2 Å². The summed E-state index contributed by atoms with van der Waals surface area (Å²) in [5.74, 6) is -0.670. The van der Waals surface area contributed by atoms with E-state index in [4.69, 9.17) is 9.47 Å². The molecule has 8 heteroatoms. The van der Waals surface area contributed by atoms with Crippen LogP contribution < -0.4 is 5.32 Å². The third kappa shape index (κ3) is 6.16. The van der Waals surface area contributed by atoms with Crippen molar-refractivity contribution in [3.8, 4) is 0 Å². The number of β-amino-alcohol motifs (C(OH)–C–C–N with tert-alkyl or cyclic N) is 1. The average Bonchev–Trinajstić information content (AvgIpc) is 2.81. The van der Waals surface area contributed by atoms with Crippen molar-refractivity contribution in [2.75, 3.05) is 19.8 Å². The first-order valence-corrected chi connectivity index (χ1v) is 11.3. The van der Waals surface area contributed by atoms with Gasteiger partial charge in [0.25, 0.3) is 5.91 Å². The molecule has 2 heterocycles. The summed E-state index contributed by atoms with van der Waals surface area (Å²) in [6, 6.07) is 14.8. The van der Waals surface area contributed by atoms with E-state index in [1.54, 1.807) is 29.2 Å². The van der Waals surface area contributed by atoms with Crippen molar-refractivity contribution in [3.05, 3.63) is 71.5 Å². The first kappa shape index (κ1) is 23.4. The van der Waals surface area contributed by atoms with Gasteiger partial charge >= 0.3 is 0 Å². The van der Waals surface area contributed by atoms with Crippen LogP contribution in [-0.2, 0) is 20.8 Å². The standard InChI is InChI=1S/C25H29FN2O5/c26-19-8-4-5-17(11-19)13-27-24(30)12-21-9-10-22-23(33-21)16-32-15-20(29)14-28(22)25(31)18-6-2-1-3-7-18/h1-8,11,20-23,29H,9-10,12-16H2,(H,27,30)/t20-,21+,22-,23+/m1/s1. The van der Waals surface area contributed by atoms with Gasteiger partial charge in [0, 0.05) is 18.7 Å². The van der Waals surface area contributed by atoms with Crippen LogP contribution in [0.3, 0.4) is 0 Å². The van der Waals surface area contributed by atoms with E-state index in [1.165, 1.54) is 12.1 Å². The molecule has 0 saturated carbocycles. The quantitative estimate of drug-likeness (QED) is 0.721. The molecule has 2 aromatic rings. The van der Waals surface area contributed by atoms with Gasteiger partial charge in [-0.3, -0.25) is 9.59 Å². The molecule has 0 spiro atoms. The van der Waals surface area contributed by atoms with Crippen LogP contribution >= 0.6 is 0 Å². The molecule has 2 saturated heterocycles. The van der Waals surface area contributed by atoms with E-state index in [0.717, 1.165) is 0 Å². The van der Waals surface area contributed by atoms with Crippen molar-refractivity contribution in [2.45, 2.75) is 50.2 Å². The van der Waals surface area contributed by atoms with Gasteiger partial charge in [0.05, 0.1) is 37.9 Å². The lowest BCUT2D eigenvalue weighted by Gasteiger charge is -2.44. The summed E-state index contributed by atoms with van der Waals surface area (Å²) in [5.41, 5.74) is 1.25. The smallest absolute Gasteiger partial charge is 0.254 e. The summed E-state index contributed by atoms with van der Waals surface area (Å²) in [6.45, 7) is 0.762. The van der Waals surface area contributed by atoms with Crippen molar-refractivity contribution < 1.29 is 28.6 Å². The van der Waals surface area contributed by atoms with Gasteiger partial charge in [0.1, 0.15) is 11.9 Å². The number of hydrogen-bond acceptors (Lipinski definition) is 5. The third-order valence-electron chi connectivity index (χ3n) is 6.05. The second-order valence-electron chi connectivity index (χ2n) is 8.57. The second-order valence-corrected chi connectivity index (χ2v) is 8.57. The highest BCUT2D eigenvalue weighted by Crippen LogP contribution is 2.28. The number of nitrogens with one attached hydrogen (secondary N) is 1. The normalized spacial score (nSPS) is 25.5. The van der Waals surface area contributed by atoms with Crippen molar-refractivity contribution in [1.82, 2.24) is 10.2 Å². The Morgan fingerprint density at radius 1 is 1.09 bits per heavy atom. The van der Waals surface area contributed by atoms with E-state index < -0.39 is 6.10 Å². The zero-order valence-corrected chi connectivity index (χ0v) is 18.4. The number of ether oxygens (including phenoxy) is 2. The zero-order chi connectivity index (χ0) is 23.2. The Balaban J connectivity index is 1.37. The largest absolute Gasteiger partial charge is 0.389 e. The van der Waals surface area contributed by atoms with Gasteiger partial charge in [-0.25, -0.2) is 4.39 Å². The van der Waals surface area contributed by atoms with Gasteiger partial charge in [-0.2, -0.15) is 0 Å². The lowest BCUT2D eigenvalue weighted by atomic mass is 9.94. The van der Waals surface area contributed by atoms with Crippen LogP contribution in [0.5, 0.6) is 0 Å². The van der Waals surface area contributed by atoms with Crippen molar-refractivity contribution in [2.24, 2.45) is 0 Å². The molecule has 2 aliphatic heterocycles. The molecule has 4 rings (SSSR count). The Hall–Kier alpha value is -2.81. The molecule has 0 aromatic heterocycles. The molecule has 2 fully saturated rings. The van der Waals surface area contributed by atoms with Gasteiger partial charge in [-0.05, 0) is 42.7 Å². The lowest BCUT2D eigenvalue weighted by molar-refractivity contribution is -0.151. The molecule has 2 amide bonds. The van der Waals surface area contributed by atoms with E-state index in [0.29, 0.717) is 24.0 Å². The molecule has 2 N–H and O–H groups in total. The third-order valence-corrected chi connectivity index (χ3v) is 6.05. The summed E-state index contributed by atoms with van der Waals surface area (Å²) in [4.78, 5) is 27.3. The maximum Gasteiger partial charge on any atom is 0.254 e. The number of aliphatic hydroxyl groups is 1. The van der Waals surface area contributed by atoms with Crippen LogP contribution in [0, 0.1) is 5.82 Å². The maximum absolute atomic E-state index is 13.3. The summed E-state index contributed by atoms with van der Waals surface area (Å²) in [6.07, 6.45) is -0.0525. The number of rotatable bonds is 5. The first-order valence-electron chi connectivity index (χ1n) is 11.3. The second kappa shape index (κ2) is 10.9. The molecular weight excluding hydrogens is 427 g/mol. The lowest BCUT2D eigenvalue weighted by Crippen LogP contribution is -2.57. The van der Waals surface area contributed by atoms with Crippen LogP contribution in [-0.4, -0.2) is 65.9 Å². The highest BCUT2D eigenvalue weighted by atomic mass is 19.1.